The van der Waals surface area contributed by atoms with Crippen LogP contribution in [0.2, 0.25) is 0 Å². The third kappa shape index (κ3) is 1.65. The fraction of sp³-hybridized carbons (Fsp3) is 0.182. The molecule has 0 radical (unpaired) electrons. The molecule has 78 valence electrons. The molecule has 0 aliphatic heterocycles. The highest BCUT2D eigenvalue weighted by Gasteiger charge is 2.07. The molecule has 0 atom stereocenters. The van der Waals surface area contributed by atoms with Crippen LogP contribution < -0.4 is 5.43 Å². The quantitative estimate of drug-likeness (QED) is 0.761. The fourth-order valence-corrected chi connectivity index (χ4v) is 1.58. The molecular formula is C11H10O4. The first-order chi connectivity index (χ1) is 7.26. The van der Waals surface area contributed by atoms with Gasteiger partial charge >= 0.3 is 0 Å². The zero-order chi connectivity index (χ0) is 10.8. The van der Waals surface area contributed by atoms with Crippen LogP contribution in [0, 0.1) is 0 Å². The van der Waals surface area contributed by atoms with Crippen LogP contribution in [0.4, 0.5) is 0 Å². The molecule has 4 heteroatoms. The van der Waals surface area contributed by atoms with Crippen molar-refractivity contribution >= 4 is 11.0 Å². The van der Waals surface area contributed by atoms with Gasteiger partial charge in [-0.2, -0.15) is 0 Å². The van der Waals surface area contributed by atoms with E-state index < -0.39 is 0 Å². The van der Waals surface area contributed by atoms with Crippen molar-refractivity contribution in [3.8, 4) is 0 Å². The van der Waals surface area contributed by atoms with Gasteiger partial charge < -0.3 is 14.6 Å². The van der Waals surface area contributed by atoms with Crippen molar-refractivity contribution in [2.24, 2.45) is 0 Å². The Morgan fingerprint density at radius 3 is 2.67 bits per heavy atom. The number of benzene rings is 1. The lowest BCUT2D eigenvalue weighted by atomic mass is 10.1. The first-order valence-corrected chi connectivity index (χ1v) is 4.51. The van der Waals surface area contributed by atoms with Crippen LogP contribution in [0.3, 0.4) is 0 Å². The Morgan fingerprint density at radius 2 is 2.00 bits per heavy atom. The third-order valence-electron chi connectivity index (χ3n) is 2.26. The average molecular weight is 206 g/mol. The second-order valence-corrected chi connectivity index (χ2v) is 3.23. The van der Waals surface area contributed by atoms with Gasteiger partial charge in [0.25, 0.3) is 0 Å². The highest BCUT2D eigenvalue weighted by molar-refractivity contribution is 5.80. The van der Waals surface area contributed by atoms with Gasteiger partial charge in [0.2, 0.25) is 0 Å². The Balaban J connectivity index is 2.87. The minimum Gasteiger partial charge on any atom is -0.464 e. The lowest BCUT2D eigenvalue weighted by Gasteiger charge is -2.04. The smallest absolute Gasteiger partial charge is 0.193 e. The molecule has 1 aromatic heterocycles. The third-order valence-corrected chi connectivity index (χ3v) is 2.26. The van der Waals surface area contributed by atoms with E-state index >= 15 is 0 Å². The Hall–Kier alpha value is -1.65. The van der Waals surface area contributed by atoms with E-state index in [1.165, 1.54) is 12.3 Å². The lowest BCUT2D eigenvalue weighted by Crippen LogP contribution is -2.03. The van der Waals surface area contributed by atoms with E-state index in [4.69, 9.17) is 14.6 Å². The molecule has 2 N–H and O–H groups in total. The summed E-state index contributed by atoms with van der Waals surface area (Å²) in [5.41, 5.74) is 1.29. The second kappa shape index (κ2) is 3.84. The number of aliphatic hydroxyl groups is 2. The second-order valence-electron chi connectivity index (χ2n) is 3.23. The van der Waals surface area contributed by atoms with Crippen LogP contribution in [-0.2, 0) is 13.2 Å². The van der Waals surface area contributed by atoms with Gasteiger partial charge in [-0.05, 0) is 17.2 Å². The van der Waals surface area contributed by atoms with Gasteiger partial charge in [-0.1, -0.05) is 6.07 Å². The average Bonchev–Trinajstić information content (AvgIpc) is 2.27. The molecule has 1 heterocycles. The number of hydrogen-bond acceptors (Lipinski definition) is 4. The summed E-state index contributed by atoms with van der Waals surface area (Å²) in [5, 5.41) is 18.5. The molecule has 0 aliphatic carbocycles. The summed E-state index contributed by atoms with van der Waals surface area (Å²) in [6, 6.07) is 4.50. The summed E-state index contributed by atoms with van der Waals surface area (Å²) in [6.07, 6.45) is 1.30. The molecule has 0 bridgehead atoms. The maximum absolute atomic E-state index is 11.5. The molecule has 0 fully saturated rings. The molecule has 0 saturated carbocycles. The topological polar surface area (TPSA) is 70.7 Å². The zero-order valence-electron chi connectivity index (χ0n) is 7.93. The highest BCUT2D eigenvalue weighted by Crippen LogP contribution is 2.18. The zero-order valence-corrected chi connectivity index (χ0v) is 7.93. The highest BCUT2D eigenvalue weighted by atomic mass is 16.3. The normalized spacial score (nSPS) is 10.8. The van der Waals surface area contributed by atoms with Crippen LogP contribution in [0.1, 0.15) is 11.1 Å². The number of aliphatic hydroxyl groups excluding tert-OH is 2. The Kier molecular flexibility index (Phi) is 2.53. The predicted molar refractivity (Wildman–Crippen MR) is 54.3 cm³/mol. The molecule has 0 unspecified atom stereocenters. The Labute approximate surface area is 85.4 Å². The van der Waals surface area contributed by atoms with Gasteiger partial charge in [0.1, 0.15) is 5.58 Å². The van der Waals surface area contributed by atoms with E-state index in [0.717, 1.165) is 0 Å². The van der Waals surface area contributed by atoms with Crippen molar-refractivity contribution in [1.82, 2.24) is 0 Å². The molecule has 1 aromatic carbocycles. The maximum Gasteiger partial charge on any atom is 0.193 e. The largest absolute Gasteiger partial charge is 0.464 e. The summed E-state index contributed by atoms with van der Waals surface area (Å²) < 4.78 is 5.16. The van der Waals surface area contributed by atoms with Gasteiger partial charge in [0.05, 0.1) is 24.9 Å². The van der Waals surface area contributed by atoms with Gasteiger partial charge in [-0.3, -0.25) is 4.79 Å². The molecular weight excluding hydrogens is 196 g/mol. The molecule has 0 saturated heterocycles. The van der Waals surface area contributed by atoms with Gasteiger partial charge in [-0.15, -0.1) is 0 Å². The Bertz CT molecular complexity index is 542. The summed E-state index contributed by atoms with van der Waals surface area (Å²) in [5.74, 6) is 0. The molecule has 4 nitrogen and oxygen atoms in total. The molecule has 15 heavy (non-hydrogen) atoms. The van der Waals surface area contributed by atoms with E-state index in [1.807, 2.05) is 0 Å². The first kappa shape index (κ1) is 9.89. The van der Waals surface area contributed by atoms with E-state index in [0.29, 0.717) is 22.1 Å². The minimum absolute atomic E-state index is 0.151. The van der Waals surface area contributed by atoms with Crippen LogP contribution in [-0.4, -0.2) is 10.2 Å². The van der Waals surface area contributed by atoms with Crippen LogP contribution in [0.15, 0.2) is 33.7 Å². The van der Waals surface area contributed by atoms with Gasteiger partial charge in [0, 0.05) is 6.07 Å². The molecule has 2 rings (SSSR count). The fourth-order valence-electron chi connectivity index (χ4n) is 1.58. The summed E-state index contributed by atoms with van der Waals surface area (Å²) >= 11 is 0. The van der Waals surface area contributed by atoms with E-state index in [-0.39, 0.29) is 18.6 Å². The van der Waals surface area contributed by atoms with E-state index in [9.17, 15) is 4.79 Å². The number of fused-ring (bicyclic) bond motifs is 1. The van der Waals surface area contributed by atoms with Crippen molar-refractivity contribution in [2.75, 3.05) is 0 Å². The van der Waals surface area contributed by atoms with E-state index in [1.54, 1.807) is 12.1 Å². The standard InChI is InChI=1S/C11H10O4/c12-5-7-3-8(6-13)11-9(14)1-2-15-10(11)4-7/h1-4,12-13H,5-6H2. The summed E-state index contributed by atoms with van der Waals surface area (Å²) in [7, 11) is 0. The van der Waals surface area contributed by atoms with Crippen LogP contribution in [0.25, 0.3) is 11.0 Å². The van der Waals surface area contributed by atoms with E-state index in [2.05, 4.69) is 0 Å². The predicted octanol–water partition coefficient (Wildman–Crippen LogP) is 0.778. The van der Waals surface area contributed by atoms with Crippen LogP contribution in [0.5, 0.6) is 0 Å². The molecule has 0 spiro atoms. The van der Waals surface area contributed by atoms with Crippen molar-refractivity contribution in [1.29, 1.82) is 0 Å². The Morgan fingerprint density at radius 1 is 1.20 bits per heavy atom. The van der Waals surface area contributed by atoms with Crippen molar-refractivity contribution < 1.29 is 14.6 Å². The van der Waals surface area contributed by atoms with Gasteiger partial charge in [0.15, 0.2) is 5.43 Å². The lowest BCUT2D eigenvalue weighted by molar-refractivity contribution is 0.276. The molecule has 0 amide bonds. The first-order valence-electron chi connectivity index (χ1n) is 4.51. The van der Waals surface area contributed by atoms with Crippen molar-refractivity contribution in [2.45, 2.75) is 13.2 Å². The SMILES string of the molecule is O=c1ccoc2cc(CO)cc(CO)c12. The summed E-state index contributed by atoms with van der Waals surface area (Å²) in [6.45, 7) is -0.402. The van der Waals surface area contributed by atoms with Crippen molar-refractivity contribution in [3.05, 3.63) is 45.8 Å². The van der Waals surface area contributed by atoms with Gasteiger partial charge in [-0.25, -0.2) is 0 Å². The number of rotatable bonds is 2. The molecule has 0 aliphatic rings. The monoisotopic (exact) mass is 206 g/mol. The maximum atomic E-state index is 11.5. The summed E-state index contributed by atoms with van der Waals surface area (Å²) in [4.78, 5) is 11.5. The minimum atomic E-state index is -0.251. The molecule has 2 aromatic rings. The van der Waals surface area contributed by atoms with Crippen molar-refractivity contribution in [3.63, 3.8) is 0 Å². The van der Waals surface area contributed by atoms with Crippen LogP contribution >= 0.6 is 0 Å². The number of hydrogen-bond donors (Lipinski definition) is 2.